The highest BCUT2D eigenvalue weighted by atomic mass is 16.1. The second kappa shape index (κ2) is 7.86. The molecule has 0 aliphatic rings. The molecule has 0 radical (unpaired) electrons. The summed E-state index contributed by atoms with van der Waals surface area (Å²) in [5.41, 5.74) is 3.84. The van der Waals surface area contributed by atoms with Crippen LogP contribution in [0.2, 0.25) is 0 Å². The SMILES string of the molecule is O=C(NCCCn1cnc2ccccc21)c1cnn(Cc2ccccc2)c1. The van der Waals surface area contributed by atoms with Gasteiger partial charge in [-0.25, -0.2) is 4.98 Å². The Hall–Kier alpha value is -3.41. The number of benzene rings is 2. The lowest BCUT2D eigenvalue weighted by molar-refractivity contribution is 0.0952. The lowest BCUT2D eigenvalue weighted by Gasteiger charge is -2.06. The van der Waals surface area contributed by atoms with Crippen LogP contribution in [0.3, 0.4) is 0 Å². The van der Waals surface area contributed by atoms with E-state index in [2.05, 4.69) is 26.0 Å². The van der Waals surface area contributed by atoms with Crippen LogP contribution in [0.4, 0.5) is 0 Å². The van der Waals surface area contributed by atoms with Crippen molar-refractivity contribution in [3.63, 3.8) is 0 Å². The molecule has 0 unspecified atom stereocenters. The molecule has 0 bridgehead atoms. The molecule has 6 heteroatoms. The molecule has 4 rings (SSSR count). The number of para-hydroxylation sites is 2. The van der Waals surface area contributed by atoms with Gasteiger partial charge >= 0.3 is 0 Å². The van der Waals surface area contributed by atoms with Gasteiger partial charge in [-0.05, 0) is 24.1 Å². The number of nitrogens with zero attached hydrogens (tertiary/aromatic N) is 4. The zero-order valence-corrected chi connectivity index (χ0v) is 15.0. The van der Waals surface area contributed by atoms with E-state index in [9.17, 15) is 4.79 Å². The van der Waals surface area contributed by atoms with Crippen molar-refractivity contribution in [3.05, 3.63) is 84.4 Å². The highest BCUT2D eigenvalue weighted by Gasteiger charge is 2.08. The summed E-state index contributed by atoms with van der Waals surface area (Å²) in [5.74, 6) is -0.0928. The van der Waals surface area contributed by atoms with Crippen LogP contribution in [-0.4, -0.2) is 31.8 Å². The molecule has 0 aliphatic heterocycles. The summed E-state index contributed by atoms with van der Waals surface area (Å²) >= 11 is 0. The van der Waals surface area contributed by atoms with Crippen LogP contribution >= 0.6 is 0 Å². The Kier molecular flexibility index (Phi) is 4.96. The van der Waals surface area contributed by atoms with Crippen LogP contribution in [0.25, 0.3) is 11.0 Å². The predicted octanol–water partition coefficient (Wildman–Crippen LogP) is 3.10. The smallest absolute Gasteiger partial charge is 0.254 e. The highest BCUT2D eigenvalue weighted by Crippen LogP contribution is 2.12. The first-order chi connectivity index (χ1) is 13.3. The highest BCUT2D eigenvalue weighted by molar-refractivity contribution is 5.93. The summed E-state index contributed by atoms with van der Waals surface area (Å²) in [6.07, 6.45) is 6.08. The van der Waals surface area contributed by atoms with E-state index in [1.54, 1.807) is 17.1 Å². The Balaban J connectivity index is 1.27. The van der Waals surface area contributed by atoms with Crippen LogP contribution in [0.1, 0.15) is 22.3 Å². The van der Waals surface area contributed by atoms with Gasteiger partial charge in [0.1, 0.15) is 0 Å². The van der Waals surface area contributed by atoms with Gasteiger partial charge in [0.05, 0.1) is 35.7 Å². The molecule has 2 aromatic carbocycles. The van der Waals surface area contributed by atoms with E-state index >= 15 is 0 Å². The fourth-order valence-electron chi connectivity index (χ4n) is 3.08. The lowest BCUT2D eigenvalue weighted by Crippen LogP contribution is -2.24. The Labute approximate surface area is 157 Å². The molecule has 0 fully saturated rings. The summed E-state index contributed by atoms with van der Waals surface area (Å²) in [6.45, 7) is 2.07. The van der Waals surface area contributed by atoms with Gasteiger partial charge in [-0.3, -0.25) is 9.48 Å². The maximum Gasteiger partial charge on any atom is 0.254 e. The van der Waals surface area contributed by atoms with Crippen LogP contribution in [0.15, 0.2) is 73.3 Å². The first kappa shape index (κ1) is 17.0. The zero-order valence-electron chi connectivity index (χ0n) is 15.0. The molecule has 0 saturated carbocycles. The number of imidazole rings is 1. The Morgan fingerprint density at radius 1 is 1.04 bits per heavy atom. The quantitative estimate of drug-likeness (QED) is 0.516. The Bertz CT molecular complexity index is 1030. The standard InChI is InChI=1S/C21H21N5O/c27-21(18-13-24-26(15-18)14-17-7-2-1-3-8-17)22-11-6-12-25-16-23-19-9-4-5-10-20(19)25/h1-5,7-10,13,15-16H,6,11-12,14H2,(H,22,27). The van der Waals surface area contributed by atoms with Gasteiger partial charge in [-0.15, -0.1) is 0 Å². The fraction of sp³-hybridized carbons (Fsp3) is 0.190. The van der Waals surface area contributed by atoms with E-state index < -0.39 is 0 Å². The first-order valence-electron chi connectivity index (χ1n) is 9.04. The largest absolute Gasteiger partial charge is 0.352 e. The van der Waals surface area contributed by atoms with Gasteiger partial charge < -0.3 is 9.88 Å². The molecule has 6 nitrogen and oxygen atoms in total. The number of carbonyl (C=O) groups excluding carboxylic acids is 1. The van der Waals surface area contributed by atoms with E-state index in [0.29, 0.717) is 18.7 Å². The van der Waals surface area contributed by atoms with Crippen molar-refractivity contribution < 1.29 is 4.79 Å². The third kappa shape index (κ3) is 4.06. The molecule has 1 amide bonds. The van der Waals surface area contributed by atoms with Crippen molar-refractivity contribution in [3.8, 4) is 0 Å². The van der Waals surface area contributed by atoms with Crippen molar-refractivity contribution in [2.75, 3.05) is 6.54 Å². The van der Waals surface area contributed by atoms with E-state index in [1.165, 1.54) is 0 Å². The van der Waals surface area contributed by atoms with E-state index in [1.807, 2.05) is 54.9 Å². The minimum atomic E-state index is -0.0928. The van der Waals surface area contributed by atoms with Crippen LogP contribution in [0.5, 0.6) is 0 Å². The van der Waals surface area contributed by atoms with Gasteiger partial charge in [0, 0.05) is 19.3 Å². The number of hydrogen-bond acceptors (Lipinski definition) is 3. The van der Waals surface area contributed by atoms with E-state index in [4.69, 9.17) is 0 Å². The van der Waals surface area contributed by atoms with Crippen molar-refractivity contribution >= 4 is 16.9 Å². The maximum absolute atomic E-state index is 12.3. The van der Waals surface area contributed by atoms with Gasteiger partial charge in [0.25, 0.3) is 5.91 Å². The van der Waals surface area contributed by atoms with Crippen molar-refractivity contribution in [1.29, 1.82) is 0 Å². The molecule has 0 saturated heterocycles. The lowest BCUT2D eigenvalue weighted by atomic mass is 10.2. The molecular weight excluding hydrogens is 338 g/mol. The topological polar surface area (TPSA) is 64.7 Å². The molecule has 0 atom stereocenters. The second-order valence-corrected chi connectivity index (χ2v) is 6.45. The number of rotatable bonds is 7. The van der Waals surface area contributed by atoms with Gasteiger partial charge in [-0.1, -0.05) is 42.5 Å². The van der Waals surface area contributed by atoms with E-state index in [-0.39, 0.29) is 5.91 Å². The van der Waals surface area contributed by atoms with Crippen LogP contribution < -0.4 is 5.32 Å². The number of hydrogen-bond donors (Lipinski definition) is 1. The van der Waals surface area contributed by atoms with Gasteiger partial charge in [0.2, 0.25) is 0 Å². The molecular formula is C21H21N5O. The molecule has 0 aliphatic carbocycles. The molecule has 0 spiro atoms. The Morgan fingerprint density at radius 2 is 1.85 bits per heavy atom. The third-order valence-corrected chi connectivity index (χ3v) is 4.47. The molecule has 27 heavy (non-hydrogen) atoms. The number of aromatic nitrogens is 4. The van der Waals surface area contributed by atoms with Gasteiger partial charge in [-0.2, -0.15) is 5.10 Å². The maximum atomic E-state index is 12.3. The number of nitrogens with one attached hydrogen (secondary N) is 1. The molecule has 2 aromatic heterocycles. The normalized spacial score (nSPS) is 11.0. The van der Waals surface area contributed by atoms with Crippen LogP contribution in [-0.2, 0) is 13.1 Å². The van der Waals surface area contributed by atoms with Crippen LogP contribution in [0, 0.1) is 0 Å². The molecule has 136 valence electrons. The zero-order chi connectivity index (χ0) is 18.5. The van der Waals surface area contributed by atoms with Crippen molar-refractivity contribution in [2.45, 2.75) is 19.5 Å². The van der Waals surface area contributed by atoms with E-state index in [0.717, 1.165) is 29.6 Å². The minimum absolute atomic E-state index is 0.0928. The molecule has 2 heterocycles. The summed E-state index contributed by atoms with van der Waals surface area (Å²) in [4.78, 5) is 16.7. The van der Waals surface area contributed by atoms with Crippen molar-refractivity contribution in [2.24, 2.45) is 0 Å². The van der Waals surface area contributed by atoms with Crippen molar-refractivity contribution in [1.82, 2.24) is 24.6 Å². The number of amides is 1. The first-order valence-corrected chi connectivity index (χ1v) is 9.04. The molecule has 4 aromatic rings. The summed E-state index contributed by atoms with van der Waals surface area (Å²) in [7, 11) is 0. The summed E-state index contributed by atoms with van der Waals surface area (Å²) in [6, 6.07) is 18.1. The third-order valence-electron chi connectivity index (χ3n) is 4.47. The summed E-state index contributed by atoms with van der Waals surface area (Å²) in [5, 5.41) is 7.24. The minimum Gasteiger partial charge on any atom is -0.352 e. The number of fused-ring (bicyclic) bond motifs is 1. The Morgan fingerprint density at radius 3 is 2.74 bits per heavy atom. The second-order valence-electron chi connectivity index (χ2n) is 6.45. The molecule has 1 N–H and O–H groups in total. The number of carbonyl (C=O) groups is 1. The average Bonchev–Trinajstić information content (AvgIpc) is 3.33. The number of aryl methyl sites for hydroxylation is 1. The van der Waals surface area contributed by atoms with Gasteiger partial charge in [0.15, 0.2) is 0 Å². The summed E-state index contributed by atoms with van der Waals surface area (Å²) < 4.78 is 3.89. The average molecular weight is 359 g/mol. The monoisotopic (exact) mass is 359 g/mol. The fourth-order valence-corrected chi connectivity index (χ4v) is 3.08. The predicted molar refractivity (Wildman–Crippen MR) is 104 cm³/mol.